The fraction of sp³-hybridized carbons (Fsp3) is 0.600. The highest BCUT2D eigenvalue weighted by atomic mass is 32.2. The van der Waals surface area contributed by atoms with Gasteiger partial charge in [0.05, 0.1) is 25.8 Å². The van der Waals surface area contributed by atoms with E-state index >= 15 is 0 Å². The minimum Gasteiger partial charge on any atom is -0.473 e. The Labute approximate surface area is 104 Å². The van der Waals surface area contributed by atoms with Crippen molar-refractivity contribution >= 4 is 21.7 Å². The summed E-state index contributed by atoms with van der Waals surface area (Å²) in [6, 6.07) is 0. The summed E-state index contributed by atoms with van der Waals surface area (Å²) < 4.78 is 32.7. The second-order valence-electron chi connectivity index (χ2n) is 4.10. The highest BCUT2D eigenvalue weighted by Gasteiger charge is 2.43. The van der Waals surface area contributed by atoms with E-state index in [9.17, 15) is 18.0 Å². The summed E-state index contributed by atoms with van der Waals surface area (Å²) in [6.07, 6.45) is 1.49. The van der Waals surface area contributed by atoms with E-state index in [4.69, 9.17) is 4.74 Å². The molecule has 2 aliphatic rings. The summed E-state index contributed by atoms with van der Waals surface area (Å²) >= 11 is 0. The van der Waals surface area contributed by atoms with Crippen LogP contribution in [0.3, 0.4) is 0 Å². The SMILES string of the molecule is COC(=O)CS(=O)(=O)C/C=C1/CN2C(=O)C[C@H]2O1. The molecule has 2 fully saturated rings. The van der Waals surface area contributed by atoms with E-state index in [1.54, 1.807) is 0 Å². The van der Waals surface area contributed by atoms with Crippen molar-refractivity contribution in [2.45, 2.75) is 12.6 Å². The number of nitrogens with zero attached hydrogens (tertiary/aromatic N) is 1. The lowest BCUT2D eigenvalue weighted by atomic mass is 10.2. The topological polar surface area (TPSA) is 90.0 Å². The van der Waals surface area contributed by atoms with Crippen LogP contribution in [0.2, 0.25) is 0 Å². The highest BCUT2D eigenvalue weighted by Crippen LogP contribution is 2.30. The standard InChI is InChI=1S/C10H13NO6S/c1-16-10(13)6-18(14,15)3-2-7-5-11-8(12)4-9(11)17-7/h2,9H,3-6H2,1H3/b7-2-/t9-/m1/s1. The van der Waals surface area contributed by atoms with E-state index in [-0.39, 0.29) is 17.9 Å². The van der Waals surface area contributed by atoms with Crippen molar-refractivity contribution < 1.29 is 27.5 Å². The predicted molar refractivity (Wildman–Crippen MR) is 60.0 cm³/mol. The van der Waals surface area contributed by atoms with Crippen LogP contribution in [0.4, 0.5) is 0 Å². The number of fused-ring (bicyclic) bond motifs is 1. The van der Waals surface area contributed by atoms with E-state index < -0.39 is 21.6 Å². The molecule has 2 saturated heterocycles. The fourth-order valence-electron chi connectivity index (χ4n) is 1.73. The molecule has 0 saturated carbocycles. The molecule has 0 spiro atoms. The van der Waals surface area contributed by atoms with Crippen LogP contribution in [0.25, 0.3) is 0 Å². The Kier molecular flexibility index (Phi) is 3.29. The van der Waals surface area contributed by atoms with Crippen LogP contribution in [-0.4, -0.2) is 56.6 Å². The first-order chi connectivity index (χ1) is 8.41. The largest absolute Gasteiger partial charge is 0.473 e. The number of ether oxygens (including phenoxy) is 2. The van der Waals surface area contributed by atoms with Gasteiger partial charge in [-0.05, 0) is 6.08 Å². The van der Waals surface area contributed by atoms with Gasteiger partial charge in [-0.1, -0.05) is 0 Å². The van der Waals surface area contributed by atoms with Gasteiger partial charge in [0.2, 0.25) is 5.91 Å². The Morgan fingerprint density at radius 1 is 1.61 bits per heavy atom. The maximum Gasteiger partial charge on any atom is 0.320 e. The molecule has 7 nitrogen and oxygen atoms in total. The molecule has 0 radical (unpaired) electrons. The molecule has 0 aromatic carbocycles. The van der Waals surface area contributed by atoms with Crippen LogP contribution in [0.1, 0.15) is 6.42 Å². The number of rotatable bonds is 4. The molecule has 0 N–H and O–H groups in total. The van der Waals surface area contributed by atoms with Gasteiger partial charge in [-0.3, -0.25) is 14.5 Å². The number of hydrogen-bond acceptors (Lipinski definition) is 6. The number of carbonyl (C=O) groups excluding carboxylic acids is 2. The first-order valence-corrected chi connectivity index (χ1v) is 7.16. The molecule has 0 unspecified atom stereocenters. The zero-order chi connectivity index (χ0) is 13.3. The lowest BCUT2D eigenvalue weighted by Gasteiger charge is -2.30. The van der Waals surface area contributed by atoms with Gasteiger partial charge in [-0.2, -0.15) is 0 Å². The van der Waals surface area contributed by atoms with Crippen LogP contribution >= 0.6 is 0 Å². The minimum absolute atomic E-state index is 0.000757. The Bertz CT molecular complexity index is 508. The average molecular weight is 275 g/mol. The lowest BCUT2D eigenvalue weighted by Crippen LogP contribution is -2.48. The number of hydrogen-bond donors (Lipinski definition) is 0. The molecule has 2 rings (SSSR count). The summed E-state index contributed by atoms with van der Waals surface area (Å²) in [5.74, 6) is -1.29. The van der Waals surface area contributed by atoms with Gasteiger partial charge < -0.3 is 9.47 Å². The first-order valence-electron chi connectivity index (χ1n) is 5.33. The Hall–Kier alpha value is -1.57. The van der Waals surface area contributed by atoms with Crippen LogP contribution in [0.15, 0.2) is 11.8 Å². The molecule has 0 aliphatic carbocycles. The van der Waals surface area contributed by atoms with Crippen molar-refractivity contribution in [3.63, 3.8) is 0 Å². The van der Waals surface area contributed by atoms with Gasteiger partial charge in [-0.15, -0.1) is 0 Å². The van der Waals surface area contributed by atoms with Gasteiger partial charge in [0.1, 0.15) is 11.5 Å². The van der Waals surface area contributed by atoms with Crippen molar-refractivity contribution in [3.8, 4) is 0 Å². The molecule has 8 heteroatoms. The Morgan fingerprint density at radius 2 is 2.33 bits per heavy atom. The molecule has 0 aromatic rings. The summed E-state index contributed by atoms with van der Waals surface area (Å²) in [4.78, 5) is 23.5. The zero-order valence-corrected chi connectivity index (χ0v) is 10.6. The number of sulfone groups is 1. The second-order valence-corrected chi connectivity index (χ2v) is 6.21. The molecular weight excluding hydrogens is 262 g/mol. The molecule has 2 heterocycles. The van der Waals surface area contributed by atoms with Crippen LogP contribution in [0.5, 0.6) is 0 Å². The third kappa shape index (κ3) is 2.63. The molecule has 0 aromatic heterocycles. The quantitative estimate of drug-likeness (QED) is 0.485. The Morgan fingerprint density at radius 3 is 2.89 bits per heavy atom. The average Bonchev–Trinajstić information content (AvgIpc) is 2.63. The van der Waals surface area contributed by atoms with E-state index in [0.29, 0.717) is 18.7 Å². The third-order valence-electron chi connectivity index (χ3n) is 2.76. The van der Waals surface area contributed by atoms with Crippen molar-refractivity contribution in [3.05, 3.63) is 11.8 Å². The monoisotopic (exact) mass is 275 g/mol. The molecule has 1 amide bonds. The van der Waals surface area contributed by atoms with Crippen LogP contribution < -0.4 is 0 Å². The smallest absolute Gasteiger partial charge is 0.320 e. The maximum atomic E-state index is 11.5. The zero-order valence-electron chi connectivity index (χ0n) is 9.79. The highest BCUT2D eigenvalue weighted by molar-refractivity contribution is 7.92. The third-order valence-corrected chi connectivity index (χ3v) is 4.11. The Balaban J connectivity index is 1.91. The second kappa shape index (κ2) is 4.60. The lowest BCUT2D eigenvalue weighted by molar-refractivity contribution is -0.154. The van der Waals surface area contributed by atoms with Crippen molar-refractivity contribution in [1.82, 2.24) is 4.90 Å². The number of methoxy groups -OCH3 is 1. The van der Waals surface area contributed by atoms with Gasteiger partial charge in [-0.25, -0.2) is 8.42 Å². The van der Waals surface area contributed by atoms with E-state index in [1.807, 2.05) is 0 Å². The normalized spacial score (nSPS) is 24.5. The van der Waals surface area contributed by atoms with Crippen LogP contribution in [-0.2, 0) is 28.9 Å². The van der Waals surface area contributed by atoms with Gasteiger partial charge in [0.15, 0.2) is 16.1 Å². The number of amides is 1. The van der Waals surface area contributed by atoms with Gasteiger partial charge in [0.25, 0.3) is 0 Å². The molecular formula is C10H13NO6S. The number of esters is 1. The van der Waals surface area contributed by atoms with Crippen molar-refractivity contribution in [2.75, 3.05) is 25.2 Å². The molecule has 100 valence electrons. The molecule has 1 atom stereocenters. The summed E-state index contributed by atoms with van der Waals surface area (Å²) in [7, 11) is -2.41. The van der Waals surface area contributed by atoms with E-state index in [0.717, 1.165) is 7.11 Å². The predicted octanol–water partition coefficient (Wildman–Crippen LogP) is -0.953. The molecule has 2 aliphatic heterocycles. The molecule has 0 bridgehead atoms. The summed E-state index contributed by atoms with van der Waals surface area (Å²) in [5.41, 5.74) is 0. The van der Waals surface area contributed by atoms with E-state index in [1.165, 1.54) is 11.0 Å². The van der Waals surface area contributed by atoms with Crippen molar-refractivity contribution in [2.24, 2.45) is 0 Å². The summed E-state index contributed by atoms with van der Waals surface area (Å²) in [6.45, 7) is 0.303. The summed E-state index contributed by atoms with van der Waals surface area (Å²) in [5, 5.41) is 0. The maximum absolute atomic E-state index is 11.5. The molecule has 18 heavy (non-hydrogen) atoms. The number of carbonyl (C=O) groups is 2. The van der Waals surface area contributed by atoms with Gasteiger partial charge in [0, 0.05) is 0 Å². The minimum atomic E-state index is -3.54. The van der Waals surface area contributed by atoms with Crippen molar-refractivity contribution in [1.29, 1.82) is 0 Å². The fourth-order valence-corrected chi connectivity index (χ4v) is 2.76. The first kappa shape index (κ1) is 12.9. The number of β-lactam (4-membered cyclic amide) rings is 1. The van der Waals surface area contributed by atoms with Crippen LogP contribution in [0, 0.1) is 0 Å². The van der Waals surface area contributed by atoms with E-state index in [2.05, 4.69) is 4.74 Å². The van der Waals surface area contributed by atoms with Gasteiger partial charge >= 0.3 is 5.97 Å².